The number of benzene rings is 1. The Hall–Kier alpha value is -2.87. The van der Waals surface area contributed by atoms with Crippen LogP contribution in [0.25, 0.3) is 11.0 Å². The van der Waals surface area contributed by atoms with Crippen LogP contribution < -0.4 is 26.1 Å². The molecule has 0 unspecified atom stereocenters. The van der Waals surface area contributed by atoms with Crippen LogP contribution in [0, 0.1) is 0 Å². The zero-order chi connectivity index (χ0) is 19.1. The van der Waals surface area contributed by atoms with E-state index in [0.717, 1.165) is 12.5 Å². The number of unbranched alkanes of at least 4 members (excludes halogenated alkanes) is 1. The van der Waals surface area contributed by atoms with Crippen LogP contribution in [0.2, 0.25) is 0 Å². The summed E-state index contributed by atoms with van der Waals surface area (Å²) in [6.07, 6.45) is 1.77. The molecule has 26 heavy (non-hydrogen) atoms. The molecular weight excluding hydrogens is 340 g/mol. The van der Waals surface area contributed by atoms with Crippen molar-refractivity contribution in [2.75, 3.05) is 13.7 Å². The van der Waals surface area contributed by atoms with Gasteiger partial charge < -0.3 is 24.9 Å². The molecule has 2 rings (SSSR count). The number of hydrogen-bond acceptors (Lipinski definition) is 7. The first-order valence-corrected chi connectivity index (χ1v) is 8.25. The number of methoxy groups -OCH3 is 1. The second-order valence-corrected chi connectivity index (χ2v) is 5.75. The highest BCUT2D eigenvalue weighted by Crippen LogP contribution is 2.27. The average molecular weight is 362 g/mol. The molecule has 140 valence electrons. The molecule has 0 aliphatic rings. The summed E-state index contributed by atoms with van der Waals surface area (Å²) in [5, 5.41) is 3.01. The van der Waals surface area contributed by atoms with Crippen molar-refractivity contribution in [2.45, 2.75) is 32.2 Å². The predicted octanol–water partition coefficient (Wildman–Crippen LogP) is 1.34. The van der Waals surface area contributed by atoms with Crippen molar-refractivity contribution >= 4 is 22.8 Å². The van der Waals surface area contributed by atoms with Crippen LogP contribution >= 0.6 is 0 Å². The summed E-state index contributed by atoms with van der Waals surface area (Å²) in [7, 11) is 1.49. The number of esters is 1. The molecule has 1 amide bonds. The lowest BCUT2D eigenvalue weighted by atomic mass is 10.1. The standard InChI is InChI=1S/C18H22N2O6/c1-11(21)20-14(5-3-4-8-19)18(23)26-16-10-17(22)25-15-9-12(24-2)6-7-13(15)16/h6-7,9-10,14H,3-5,8,19H2,1-2H3,(H,20,21)/t14-/m0/s1. The number of carbonyl (C=O) groups is 2. The minimum atomic E-state index is -0.820. The smallest absolute Gasteiger partial charge is 0.339 e. The normalized spacial score (nSPS) is 11.8. The maximum absolute atomic E-state index is 12.5. The Kier molecular flexibility index (Phi) is 6.74. The Morgan fingerprint density at radius 3 is 2.69 bits per heavy atom. The molecule has 3 N–H and O–H groups in total. The van der Waals surface area contributed by atoms with Crippen LogP contribution in [0.5, 0.6) is 11.5 Å². The van der Waals surface area contributed by atoms with Gasteiger partial charge in [0, 0.05) is 13.0 Å². The number of ether oxygens (including phenoxy) is 2. The first-order valence-electron chi connectivity index (χ1n) is 8.25. The van der Waals surface area contributed by atoms with E-state index >= 15 is 0 Å². The number of hydrogen-bond donors (Lipinski definition) is 2. The molecule has 1 aromatic heterocycles. The van der Waals surface area contributed by atoms with Gasteiger partial charge in [-0.1, -0.05) is 0 Å². The lowest BCUT2D eigenvalue weighted by Gasteiger charge is -2.17. The third kappa shape index (κ3) is 5.06. The lowest BCUT2D eigenvalue weighted by molar-refractivity contribution is -0.139. The fourth-order valence-corrected chi connectivity index (χ4v) is 2.49. The Balaban J connectivity index is 2.27. The Morgan fingerprint density at radius 1 is 1.27 bits per heavy atom. The van der Waals surface area contributed by atoms with Gasteiger partial charge in [0.25, 0.3) is 0 Å². The molecule has 1 heterocycles. The van der Waals surface area contributed by atoms with E-state index in [1.54, 1.807) is 12.1 Å². The van der Waals surface area contributed by atoms with Crippen molar-refractivity contribution in [1.29, 1.82) is 0 Å². The number of nitrogens with two attached hydrogens (primary N) is 1. The Morgan fingerprint density at radius 2 is 2.04 bits per heavy atom. The van der Waals surface area contributed by atoms with E-state index < -0.39 is 17.6 Å². The third-order valence-corrected chi connectivity index (χ3v) is 3.73. The molecule has 0 spiro atoms. The number of nitrogens with one attached hydrogen (secondary N) is 1. The summed E-state index contributed by atoms with van der Waals surface area (Å²) < 4.78 is 15.6. The minimum Gasteiger partial charge on any atom is -0.497 e. The van der Waals surface area contributed by atoms with E-state index in [1.807, 2.05) is 0 Å². The Labute approximate surface area is 150 Å². The molecule has 0 saturated carbocycles. The van der Waals surface area contributed by atoms with Crippen molar-refractivity contribution in [3.05, 3.63) is 34.7 Å². The third-order valence-electron chi connectivity index (χ3n) is 3.73. The number of carbonyl (C=O) groups excluding carboxylic acids is 2. The van der Waals surface area contributed by atoms with Gasteiger partial charge in [-0.25, -0.2) is 9.59 Å². The van der Waals surface area contributed by atoms with Crippen molar-refractivity contribution < 1.29 is 23.5 Å². The van der Waals surface area contributed by atoms with Crippen LogP contribution in [0.3, 0.4) is 0 Å². The highest BCUT2D eigenvalue weighted by molar-refractivity contribution is 5.89. The van der Waals surface area contributed by atoms with Gasteiger partial charge in [0.2, 0.25) is 5.91 Å². The minimum absolute atomic E-state index is 0.0677. The monoisotopic (exact) mass is 362 g/mol. The fourth-order valence-electron chi connectivity index (χ4n) is 2.49. The van der Waals surface area contributed by atoms with Crippen molar-refractivity contribution in [2.24, 2.45) is 5.73 Å². The molecule has 1 aromatic carbocycles. The van der Waals surface area contributed by atoms with Crippen molar-refractivity contribution in [1.82, 2.24) is 5.32 Å². The van der Waals surface area contributed by atoms with Gasteiger partial charge >= 0.3 is 11.6 Å². The second-order valence-electron chi connectivity index (χ2n) is 5.75. The van der Waals surface area contributed by atoms with Crippen LogP contribution in [-0.2, 0) is 9.59 Å². The molecule has 0 aliphatic carbocycles. The highest BCUT2D eigenvalue weighted by Gasteiger charge is 2.22. The summed E-state index contributed by atoms with van der Waals surface area (Å²) in [4.78, 5) is 35.6. The molecule has 8 nitrogen and oxygen atoms in total. The molecular formula is C18H22N2O6. The number of rotatable bonds is 8. The molecule has 0 aliphatic heterocycles. The maximum atomic E-state index is 12.5. The van der Waals surface area contributed by atoms with Crippen LogP contribution in [-0.4, -0.2) is 31.6 Å². The van der Waals surface area contributed by atoms with Gasteiger partial charge in [-0.15, -0.1) is 0 Å². The SMILES string of the molecule is COc1ccc2c(OC(=O)[C@H](CCCCN)NC(C)=O)cc(=O)oc2c1. The van der Waals surface area contributed by atoms with Gasteiger partial charge in [-0.3, -0.25) is 4.79 Å². The van der Waals surface area contributed by atoms with Crippen molar-refractivity contribution in [3.63, 3.8) is 0 Å². The van der Waals surface area contributed by atoms with E-state index in [1.165, 1.54) is 20.1 Å². The summed E-state index contributed by atoms with van der Waals surface area (Å²) in [5.74, 6) is -0.429. The van der Waals surface area contributed by atoms with Gasteiger partial charge in [-0.05, 0) is 37.9 Å². The summed E-state index contributed by atoms with van der Waals surface area (Å²) in [6.45, 7) is 1.82. The quantitative estimate of drug-likeness (QED) is 0.413. The van der Waals surface area contributed by atoms with Crippen LogP contribution in [0.1, 0.15) is 26.2 Å². The average Bonchev–Trinajstić information content (AvgIpc) is 2.59. The van der Waals surface area contributed by atoms with E-state index in [-0.39, 0.29) is 17.2 Å². The fraction of sp³-hybridized carbons (Fsp3) is 0.389. The molecule has 0 bridgehead atoms. The first kappa shape index (κ1) is 19.5. The zero-order valence-corrected chi connectivity index (χ0v) is 14.7. The summed E-state index contributed by atoms with van der Waals surface area (Å²) >= 11 is 0. The first-order chi connectivity index (χ1) is 12.4. The second kappa shape index (κ2) is 9.00. The summed E-state index contributed by atoms with van der Waals surface area (Å²) in [6, 6.07) is 5.09. The van der Waals surface area contributed by atoms with E-state index in [9.17, 15) is 14.4 Å². The van der Waals surface area contributed by atoms with E-state index in [2.05, 4.69) is 5.32 Å². The van der Waals surface area contributed by atoms with Gasteiger partial charge in [-0.2, -0.15) is 0 Å². The topological polar surface area (TPSA) is 121 Å². The molecule has 0 saturated heterocycles. The lowest BCUT2D eigenvalue weighted by Crippen LogP contribution is -2.42. The van der Waals surface area contributed by atoms with Gasteiger partial charge in [0.15, 0.2) is 0 Å². The van der Waals surface area contributed by atoms with E-state index in [0.29, 0.717) is 30.5 Å². The number of amides is 1. The van der Waals surface area contributed by atoms with Crippen LogP contribution in [0.4, 0.5) is 0 Å². The molecule has 1 atom stereocenters. The molecule has 0 radical (unpaired) electrons. The molecule has 0 fully saturated rings. The molecule has 2 aromatic rings. The van der Waals surface area contributed by atoms with Crippen LogP contribution in [0.15, 0.2) is 33.5 Å². The van der Waals surface area contributed by atoms with Crippen molar-refractivity contribution in [3.8, 4) is 11.5 Å². The number of fused-ring (bicyclic) bond motifs is 1. The molecule has 8 heteroatoms. The van der Waals surface area contributed by atoms with Gasteiger partial charge in [0.05, 0.1) is 18.6 Å². The highest BCUT2D eigenvalue weighted by atomic mass is 16.5. The van der Waals surface area contributed by atoms with E-state index in [4.69, 9.17) is 19.6 Å². The maximum Gasteiger partial charge on any atom is 0.339 e. The van der Waals surface area contributed by atoms with Gasteiger partial charge in [0.1, 0.15) is 23.1 Å². The zero-order valence-electron chi connectivity index (χ0n) is 14.7. The predicted molar refractivity (Wildman–Crippen MR) is 95.2 cm³/mol. The Bertz CT molecular complexity index is 845. The largest absolute Gasteiger partial charge is 0.497 e. The summed E-state index contributed by atoms with van der Waals surface area (Å²) in [5.41, 5.74) is 5.03.